The van der Waals surface area contributed by atoms with Crippen molar-refractivity contribution >= 4 is 17.8 Å². The van der Waals surface area contributed by atoms with Gasteiger partial charge in [-0.15, -0.1) is 0 Å². The molecule has 4 N–H and O–H groups in total. The van der Waals surface area contributed by atoms with Crippen molar-refractivity contribution in [2.75, 3.05) is 6.61 Å². The maximum Gasteiger partial charge on any atom is 0.326 e. The Labute approximate surface area is 111 Å². The Morgan fingerprint density at radius 2 is 2.11 bits per heavy atom. The minimum atomic E-state index is -1.17. The number of rotatable bonds is 7. The topological polar surface area (TPSA) is 119 Å². The van der Waals surface area contributed by atoms with E-state index in [1.54, 1.807) is 0 Å². The van der Waals surface area contributed by atoms with Gasteiger partial charge in [-0.1, -0.05) is 0 Å². The number of hydrogen-bond donors (Lipinski definition) is 3. The Balaban J connectivity index is 2.37. The molecule has 0 aromatic rings. The Hall–Kier alpha value is -1.63. The van der Waals surface area contributed by atoms with E-state index in [9.17, 15) is 14.4 Å². The average Bonchev–Trinajstić information content (AvgIpc) is 2.35. The van der Waals surface area contributed by atoms with Crippen LogP contribution in [0.2, 0.25) is 0 Å². The van der Waals surface area contributed by atoms with Crippen molar-refractivity contribution in [3.05, 3.63) is 0 Å². The lowest BCUT2D eigenvalue weighted by Gasteiger charge is -2.23. The molecule has 2 atom stereocenters. The molecule has 1 saturated heterocycles. The number of carbonyl (C=O) groups excluding carboxylic acids is 2. The molecule has 1 unspecified atom stereocenters. The van der Waals surface area contributed by atoms with Crippen molar-refractivity contribution in [1.29, 1.82) is 0 Å². The van der Waals surface area contributed by atoms with E-state index in [0.717, 1.165) is 19.3 Å². The zero-order valence-corrected chi connectivity index (χ0v) is 10.8. The molecule has 0 saturated carbocycles. The van der Waals surface area contributed by atoms with Crippen molar-refractivity contribution in [1.82, 2.24) is 5.32 Å². The van der Waals surface area contributed by atoms with Crippen LogP contribution in [0.3, 0.4) is 0 Å². The number of ether oxygens (including phenoxy) is 1. The van der Waals surface area contributed by atoms with Gasteiger partial charge >= 0.3 is 5.97 Å². The lowest BCUT2D eigenvalue weighted by molar-refractivity contribution is -0.142. The molecule has 7 heteroatoms. The van der Waals surface area contributed by atoms with Crippen LogP contribution in [0.5, 0.6) is 0 Å². The van der Waals surface area contributed by atoms with E-state index in [-0.39, 0.29) is 31.3 Å². The summed E-state index contributed by atoms with van der Waals surface area (Å²) in [6.07, 6.45) is 2.77. The standard InChI is InChI=1S/C12H20N2O5/c13-10(15)5-4-9(12(17)18)14-11(16)7-8-3-1-2-6-19-8/h8-9H,1-7H2,(H2,13,15)(H,14,16)(H,17,18)/t8?,9-/m1/s1. The second-order valence-corrected chi connectivity index (χ2v) is 4.66. The molecule has 19 heavy (non-hydrogen) atoms. The van der Waals surface area contributed by atoms with Crippen LogP contribution in [0.4, 0.5) is 0 Å². The monoisotopic (exact) mass is 272 g/mol. The lowest BCUT2D eigenvalue weighted by Crippen LogP contribution is -2.42. The van der Waals surface area contributed by atoms with Gasteiger partial charge in [0.15, 0.2) is 0 Å². The summed E-state index contributed by atoms with van der Waals surface area (Å²) < 4.78 is 5.41. The average molecular weight is 272 g/mol. The van der Waals surface area contributed by atoms with E-state index < -0.39 is 17.9 Å². The van der Waals surface area contributed by atoms with Crippen molar-refractivity contribution in [3.8, 4) is 0 Å². The molecule has 1 heterocycles. The molecule has 0 spiro atoms. The van der Waals surface area contributed by atoms with Gasteiger partial charge in [-0.2, -0.15) is 0 Å². The Morgan fingerprint density at radius 1 is 1.37 bits per heavy atom. The molecule has 2 amide bonds. The molecule has 0 bridgehead atoms. The van der Waals surface area contributed by atoms with Gasteiger partial charge in [0.05, 0.1) is 12.5 Å². The van der Waals surface area contributed by atoms with Crippen LogP contribution in [0.1, 0.15) is 38.5 Å². The fraction of sp³-hybridized carbons (Fsp3) is 0.750. The lowest BCUT2D eigenvalue weighted by atomic mass is 10.1. The summed E-state index contributed by atoms with van der Waals surface area (Å²) in [4.78, 5) is 33.3. The highest BCUT2D eigenvalue weighted by Crippen LogP contribution is 2.15. The number of nitrogens with one attached hydrogen (secondary N) is 1. The van der Waals surface area contributed by atoms with Crippen LogP contribution in [0.25, 0.3) is 0 Å². The molecule has 0 radical (unpaired) electrons. The third-order valence-corrected chi connectivity index (χ3v) is 3.00. The minimum absolute atomic E-state index is 0.00192. The van der Waals surface area contributed by atoms with E-state index in [0.29, 0.717) is 6.61 Å². The quantitative estimate of drug-likeness (QED) is 0.592. The summed E-state index contributed by atoms with van der Waals surface area (Å²) in [5, 5.41) is 11.3. The molecule has 1 rings (SSSR count). The fourth-order valence-corrected chi connectivity index (χ4v) is 1.97. The van der Waals surface area contributed by atoms with E-state index >= 15 is 0 Å². The predicted molar refractivity (Wildman–Crippen MR) is 66.2 cm³/mol. The van der Waals surface area contributed by atoms with Crippen LogP contribution < -0.4 is 11.1 Å². The van der Waals surface area contributed by atoms with Crippen LogP contribution in [-0.4, -0.2) is 41.6 Å². The van der Waals surface area contributed by atoms with Crippen molar-refractivity contribution in [3.63, 3.8) is 0 Å². The van der Waals surface area contributed by atoms with Gasteiger partial charge in [0.1, 0.15) is 6.04 Å². The van der Waals surface area contributed by atoms with Gasteiger partial charge in [0.2, 0.25) is 11.8 Å². The second-order valence-electron chi connectivity index (χ2n) is 4.66. The highest BCUT2D eigenvalue weighted by atomic mass is 16.5. The zero-order valence-electron chi connectivity index (χ0n) is 10.8. The number of primary amides is 1. The molecule has 1 fully saturated rings. The first-order chi connectivity index (χ1) is 8.99. The summed E-state index contributed by atoms with van der Waals surface area (Å²) >= 11 is 0. The third-order valence-electron chi connectivity index (χ3n) is 3.00. The summed E-state index contributed by atoms with van der Waals surface area (Å²) in [5.41, 5.74) is 4.96. The normalized spacial score (nSPS) is 20.5. The maximum atomic E-state index is 11.7. The smallest absolute Gasteiger partial charge is 0.326 e. The number of nitrogens with two attached hydrogens (primary N) is 1. The first-order valence-corrected chi connectivity index (χ1v) is 6.41. The molecular weight excluding hydrogens is 252 g/mol. The molecule has 108 valence electrons. The summed E-state index contributed by atoms with van der Waals surface area (Å²) in [6.45, 7) is 0.641. The van der Waals surface area contributed by atoms with Gasteiger partial charge in [-0.3, -0.25) is 9.59 Å². The van der Waals surface area contributed by atoms with E-state index in [4.69, 9.17) is 15.6 Å². The molecule has 7 nitrogen and oxygen atoms in total. The van der Waals surface area contributed by atoms with Crippen molar-refractivity contribution in [2.45, 2.75) is 50.7 Å². The molecule has 1 aliphatic heterocycles. The van der Waals surface area contributed by atoms with Crippen LogP contribution in [0, 0.1) is 0 Å². The van der Waals surface area contributed by atoms with E-state index in [1.165, 1.54) is 0 Å². The molecule has 0 aliphatic carbocycles. The van der Waals surface area contributed by atoms with Crippen LogP contribution in [0.15, 0.2) is 0 Å². The van der Waals surface area contributed by atoms with Gasteiger partial charge in [0, 0.05) is 13.0 Å². The zero-order chi connectivity index (χ0) is 14.3. The SMILES string of the molecule is NC(=O)CC[C@@H](NC(=O)CC1CCCCO1)C(=O)O. The second kappa shape index (κ2) is 7.73. The highest BCUT2D eigenvalue weighted by Gasteiger charge is 2.23. The van der Waals surface area contributed by atoms with Crippen LogP contribution in [-0.2, 0) is 19.1 Å². The van der Waals surface area contributed by atoms with Gasteiger partial charge in [-0.05, 0) is 25.7 Å². The highest BCUT2D eigenvalue weighted by molar-refractivity contribution is 5.84. The predicted octanol–water partition coefficient (Wildman–Crippen LogP) is -0.219. The number of carboxylic acid groups (broad SMARTS) is 1. The Kier molecular flexibility index (Phi) is 6.27. The first-order valence-electron chi connectivity index (χ1n) is 6.41. The Bertz CT molecular complexity index is 339. The van der Waals surface area contributed by atoms with Gasteiger partial charge in [-0.25, -0.2) is 4.79 Å². The van der Waals surface area contributed by atoms with Crippen LogP contribution >= 0.6 is 0 Å². The summed E-state index contributed by atoms with van der Waals surface area (Å²) in [6, 6.07) is -1.08. The van der Waals surface area contributed by atoms with E-state index in [2.05, 4.69) is 5.32 Å². The minimum Gasteiger partial charge on any atom is -0.480 e. The molecule has 1 aliphatic rings. The Morgan fingerprint density at radius 3 is 2.63 bits per heavy atom. The molecular formula is C12H20N2O5. The largest absolute Gasteiger partial charge is 0.480 e. The number of carbonyl (C=O) groups is 3. The molecule has 0 aromatic carbocycles. The van der Waals surface area contributed by atoms with Crippen molar-refractivity contribution < 1.29 is 24.2 Å². The number of carboxylic acids is 1. The number of amides is 2. The molecule has 0 aromatic heterocycles. The van der Waals surface area contributed by atoms with Gasteiger partial charge in [0.25, 0.3) is 0 Å². The third kappa shape index (κ3) is 6.19. The van der Waals surface area contributed by atoms with E-state index in [1.807, 2.05) is 0 Å². The summed E-state index contributed by atoms with van der Waals surface area (Å²) in [7, 11) is 0. The number of hydrogen-bond acceptors (Lipinski definition) is 4. The first kappa shape index (κ1) is 15.4. The van der Waals surface area contributed by atoms with Gasteiger partial charge < -0.3 is 20.9 Å². The number of aliphatic carboxylic acids is 1. The summed E-state index contributed by atoms with van der Waals surface area (Å²) in [5.74, 6) is -2.13. The van der Waals surface area contributed by atoms with Crippen molar-refractivity contribution in [2.24, 2.45) is 5.73 Å². The fourth-order valence-electron chi connectivity index (χ4n) is 1.97. The maximum absolute atomic E-state index is 11.7.